The predicted molar refractivity (Wildman–Crippen MR) is 62.8 cm³/mol. The minimum Gasteiger partial charge on any atom is -0.345 e. The molecule has 0 bridgehead atoms. The van der Waals surface area contributed by atoms with Crippen molar-refractivity contribution < 1.29 is 18.0 Å². The summed E-state index contributed by atoms with van der Waals surface area (Å²) in [4.78, 5) is 13.3. The molecule has 1 saturated carbocycles. The second kappa shape index (κ2) is 5.91. The zero-order chi connectivity index (χ0) is 13.9. The average Bonchev–Trinajstić information content (AvgIpc) is 2.28. The molecule has 0 spiro atoms. The minimum atomic E-state index is -4.22. The van der Waals surface area contributed by atoms with Crippen LogP contribution in [0.15, 0.2) is 0 Å². The molecule has 0 aromatic rings. The third kappa shape index (κ3) is 4.15. The Morgan fingerprint density at radius 3 is 2.56 bits per heavy atom. The molecular formula is C12H21F3N2O. The van der Waals surface area contributed by atoms with Gasteiger partial charge in [-0.25, -0.2) is 0 Å². The number of alkyl halides is 3. The summed E-state index contributed by atoms with van der Waals surface area (Å²) in [5.74, 6) is -0.395. The van der Waals surface area contributed by atoms with Crippen LogP contribution in [0.3, 0.4) is 0 Å². The lowest BCUT2D eigenvalue weighted by Gasteiger charge is -2.35. The van der Waals surface area contributed by atoms with Crippen LogP contribution in [-0.4, -0.2) is 36.6 Å². The van der Waals surface area contributed by atoms with Gasteiger partial charge in [-0.1, -0.05) is 13.3 Å². The van der Waals surface area contributed by atoms with Crippen molar-refractivity contribution >= 4 is 5.91 Å². The number of rotatable bonds is 3. The van der Waals surface area contributed by atoms with E-state index < -0.39 is 12.6 Å². The van der Waals surface area contributed by atoms with Gasteiger partial charge in [0, 0.05) is 25.6 Å². The molecule has 1 rings (SSSR count). The highest BCUT2D eigenvalue weighted by molar-refractivity contribution is 5.79. The van der Waals surface area contributed by atoms with Crippen molar-refractivity contribution in [3.63, 3.8) is 0 Å². The molecule has 1 aliphatic carbocycles. The van der Waals surface area contributed by atoms with Gasteiger partial charge in [0.05, 0.1) is 6.42 Å². The van der Waals surface area contributed by atoms with Gasteiger partial charge < -0.3 is 10.6 Å². The number of amides is 1. The van der Waals surface area contributed by atoms with E-state index in [1.54, 1.807) is 0 Å². The summed E-state index contributed by atoms with van der Waals surface area (Å²) in [7, 11) is 1.43. The zero-order valence-corrected chi connectivity index (χ0v) is 10.8. The van der Waals surface area contributed by atoms with E-state index in [1.165, 1.54) is 11.9 Å². The summed E-state index contributed by atoms with van der Waals surface area (Å²) < 4.78 is 36.3. The molecule has 0 saturated heterocycles. The lowest BCUT2D eigenvalue weighted by atomic mass is 9.76. The van der Waals surface area contributed by atoms with Gasteiger partial charge in [-0.2, -0.15) is 13.2 Å². The van der Waals surface area contributed by atoms with Crippen LogP contribution in [0, 0.1) is 11.8 Å². The predicted octanol–water partition coefficient (Wildman–Crippen LogP) is 2.16. The first-order valence-corrected chi connectivity index (χ1v) is 6.29. The van der Waals surface area contributed by atoms with Gasteiger partial charge >= 0.3 is 6.18 Å². The molecule has 6 heteroatoms. The number of carbonyl (C=O) groups is 1. The molecular weight excluding hydrogens is 245 g/mol. The Bertz CT molecular complexity index is 294. The maximum atomic E-state index is 12.1. The number of nitrogens with two attached hydrogens (primary N) is 1. The van der Waals surface area contributed by atoms with E-state index >= 15 is 0 Å². The Balaban J connectivity index is 2.52. The van der Waals surface area contributed by atoms with Crippen molar-refractivity contribution in [1.82, 2.24) is 4.90 Å². The molecule has 106 valence electrons. The fourth-order valence-corrected chi connectivity index (χ4v) is 2.43. The Morgan fingerprint density at radius 1 is 1.39 bits per heavy atom. The SMILES string of the molecule is CC1C(N)CCCC1C(=O)N(C)CCC(F)(F)F. The van der Waals surface area contributed by atoms with E-state index in [2.05, 4.69) is 0 Å². The molecule has 0 aromatic heterocycles. The summed E-state index contributed by atoms with van der Waals surface area (Å²) >= 11 is 0. The van der Waals surface area contributed by atoms with Gasteiger partial charge in [0.2, 0.25) is 5.91 Å². The lowest BCUT2D eigenvalue weighted by Crippen LogP contribution is -2.45. The maximum absolute atomic E-state index is 12.1. The zero-order valence-electron chi connectivity index (χ0n) is 10.8. The number of hydrogen-bond acceptors (Lipinski definition) is 2. The van der Waals surface area contributed by atoms with Crippen LogP contribution < -0.4 is 5.73 Å². The fraction of sp³-hybridized carbons (Fsp3) is 0.917. The topological polar surface area (TPSA) is 46.3 Å². The Morgan fingerprint density at radius 2 is 2.00 bits per heavy atom. The van der Waals surface area contributed by atoms with E-state index in [0.717, 1.165) is 19.3 Å². The van der Waals surface area contributed by atoms with Crippen molar-refractivity contribution in [1.29, 1.82) is 0 Å². The molecule has 3 nitrogen and oxygen atoms in total. The van der Waals surface area contributed by atoms with Crippen molar-refractivity contribution in [3.05, 3.63) is 0 Å². The summed E-state index contributed by atoms with van der Waals surface area (Å²) in [5.41, 5.74) is 5.90. The smallest absolute Gasteiger partial charge is 0.345 e. The van der Waals surface area contributed by atoms with Crippen LogP contribution in [0.4, 0.5) is 13.2 Å². The van der Waals surface area contributed by atoms with Crippen LogP contribution >= 0.6 is 0 Å². The van der Waals surface area contributed by atoms with Crippen LogP contribution in [0.1, 0.15) is 32.6 Å². The molecule has 1 aliphatic rings. The van der Waals surface area contributed by atoms with Gasteiger partial charge in [0.15, 0.2) is 0 Å². The number of hydrogen-bond donors (Lipinski definition) is 1. The van der Waals surface area contributed by atoms with E-state index in [-0.39, 0.29) is 30.3 Å². The third-order valence-electron chi connectivity index (χ3n) is 3.79. The van der Waals surface area contributed by atoms with Crippen molar-refractivity contribution in [2.24, 2.45) is 17.6 Å². The second-order valence-corrected chi connectivity index (χ2v) is 5.19. The van der Waals surface area contributed by atoms with Crippen molar-refractivity contribution in [3.8, 4) is 0 Å². The van der Waals surface area contributed by atoms with E-state index in [1.807, 2.05) is 6.92 Å². The van der Waals surface area contributed by atoms with Crippen molar-refractivity contribution in [2.75, 3.05) is 13.6 Å². The lowest BCUT2D eigenvalue weighted by molar-refractivity contribution is -0.147. The summed E-state index contributed by atoms with van der Waals surface area (Å²) in [6.45, 7) is 1.63. The van der Waals surface area contributed by atoms with Gasteiger partial charge in [0.25, 0.3) is 0 Å². The molecule has 1 amide bonds. The second-order valence-electron chi connectivity index (χ2n) is 5.19. The van der Waals surface area contributed by atoms with Gasteiger partial charge in [0.1, 0.15) is 0 Å². The number of nitrogens with zero attached hydrogens (tertiary/aromatic N) is 1. The molecule has 2 N–H and O–H groups in total. The van der Waals surface area contributed by atoms with Gasteiger partial charge in [-0.05, 0) is 18.8 Å². The highest BCUT2D eigenvalue weighted by Crippen LogP contribution is 2.30. The fourth-order valence-electron chi connectivity index (χ4n) is 2.43. The quantitative estimate of drug-likeness (QED) is 0.851. The Hall–Kier alpha value is -0.780. The van der Waals surface area contributed by atoms with Crippen LogP contribution in [0.5, 0.6) is 0 Å². The van der Waals surface area contributed by atoms with E-state index in [0.29, 0.717) is 0 Å². The molecule has 0 aromatic carbocycles. The minimum absolute atomic E-state index is 0.0243. The molecule has 0 radical (unpaired) electrons. The highest BCUT2D eigenvalue weighted by Gasteiger charge is 2.35. The highest BCUT2D eigenvalue weighted by atomic mass is 19.4. The monoisotopic (exact) mass is 266 g/mol. The van der Waals surface area contributed by atoms with Gasteiger partial charge in [-0.15, -0.1) is 0 Å². The molecule has 1 fully saturated rings. The number of halogens is 3. The molecule has 0 aliphatic heterocycles. The molecule has 3 atom stereocenters. The maximum Gasteiger partial charge on any atom is 0.390 e. The third-order valence-corrected chi connectivity index (χ3v) is 3.79. The largest absolute Gasteiger partial charge is 0.390 e. The summed E-state index contributed by atoms with van der Waals surface area (Å²) in [6.07, 6.45) is -2.69. The van der Waals surface area contributed by atoms with E-state index in [4.69, 9.17) is 5.73 Å². The Labute approximate surface area is 106 Å². The van der Waals surface area contributed by atoms with Crippen LogP contribution in [0.2, 0.25) is 0 Å². The first kappa shape index (κ1) is 15.3. The normalized spacial score (nSPS) is 29.1. The molecule has 0 heterocycles. The number of carbonyl (C=O) groups excluding carboxylic acids is 1. The molecule has 3 unspecified atom stereocenters. The average molecular weight is 266 g/mol. The summed E-state index contributed by atoms with van der Waals surface area (Å²) in [5, 5.41) is 0. The summed E-state index contributed by atoms with van der Waals surface area (Å²) in [6, 6.07) is -0.0243. The van der Waals surface area contributed by atoms with E-state index in [9.17, 15) is 18.0 Å². The van der Waals surface area contributed by atoms with Crippen LogP contribution in [0.25, 0.3) is 0 Å². The Kier molecular flexibility index (Phi) is 5.01. The molecule has 18 heavy (non-hydrogen) atoms. The standard InChI is InChI=1S/C12H21F3N2O/c1-8-9(4-3-5-10(8)16)11(18)17(2)7-6-12(13,14)15/h8-10H,3-7,16H2,1-2H3. The van der Waals surface area contributed by atoms with Crippen molar-refractivity contribution in [2.45, 2.75) is 44.8 Å². The first-order chi connectivity index (χ1) is 8.22. The first-order valence-electron chi connectivity index (χ1n) is 6.29. The van der Waals surface area contributed by atoms with Crippen LogP contribution in [-0.2, 0) is 4.79 Å². The van der Waals surface area contributed by atoms with Gasteiger partial charge in [-0.3, -0.25) is 4.79 Å².